The molecular formula is C17H21N3O. The molecule has 2 aromatic rings. The summed E-state index contributed by atoms with van der Waals surface area (Å²) in [4.78, 5) is 11.5. The second-order valence-corrected chi connectivity index (χ2v) is 5.79. The summed E-state index contributed by atoms with van der Waals surface area (Å²) in [5.74, 6) is 0.480. The maximum Gasteiger partial charge on any atom is 0.0888 e. The van der Waals surface area contributed by atoms with Crippen molar-refractivity contribution in [1.82, 2.24) is 14.9 Å². The van der Waals surface area contributed by atoms with Crippen LogP contribution in [0.5, 0.6) is 0 Å². The van der Waals surface area contributed by atoms with Gasteiger partial charge in [0, 0.05) is 24.2 Å². The zero-order valence-electron chi connectivity index (χ0n) is 12.4. The summed E-state index contributed by atoms with van der Waals surface area (Å²) in [6.07, 6.45) is 6.11. The van der Waals surface area contributed by atoms with E-state index in [1.807, 2.05) is 36.7 Å². The number of aliphatic hydroxyl groups is 1. The number of aromatic nitrogens is 2. The molecule has 0 spiro atoms. The summed E-state index contributed by atoms with van der Waals surface area (Å²) in [5, 5.41) is 9.11. The molecule has 1 N–H and O–H groups in total. The largest absolute Gasteiger partial charge is 0.392 e. The Kier molecular flexibility index (Phi) is 4.27. The first kappa shape index (κ1) is 14.2. The third kappa shape index (κ3) is 3.28. The highest BCUT2D eigenvalue weighted by Gasteiger charge is 2.20. The van der Waals surface area contributed by atoms with Crippen molar-refractivity contribution < 1.29 is 5.11 Å². The molecule has 1 aliphatic heterocycles. The molecule has 0 amide bonds. The van der Waals surface area contributed by atoms with Crippen molar-refractivity contribution in [3.63, 3.8) is 0 Å². The Hall–Kier alpha value is -1.78. The van der Waals surface area contributed by atoms with Gasteiger partial charge in [0.05, 0.1) is 24.2 Å². The predicted octanol–water partition coefficient (Wildman–Crippen LogP) is 2.45. The maximum atomic E-state index is 9.11. The number of nitrogens with zero attached hydrogens (tertiary/aromatic N) is 3. The molecule has 1 atom stereocenters. The molecule has 1 fully saturated rings. The van der Waals surface area contributed by atoms with Crippen molar-refractivity contribution in [3.8, 4) is 11.3 Å². The van der Waals surface area contributed by atoms with Gasteiger partial charge in [0.1, 0.15) is 0 Å². The van der Waals surface area contributed by atoms with Crippen LogP contribution in [-0.4, -0.2) is 40.1 Å². The number of hydrogen-bond acceptors (Lipinski definition) is 4. The average molecular weight is 283 g/mol. The first-order chi connectivity index (χ1) is 10.3. The molecule has 3 rings (SSSR count). The topological polar surface area (TPSA) is 49.2 Å². The maximum absolute atomic E-state index is 9.11. The number of aliphatic hydroxyl groups excluding tert-OH is 1. The summed E-state index contributed by atoms with van der Waals surface area (Å²) in [6.45, 7) is 2.30. The van der Waals surface area contributed by atoms with E-state index in [0.29, 0.717) is 5.92 Å². The third-order valence-corrected chi connectivity index (χ3v) is 4.13. The van der Waals surface area contributed by atoms with Crippen molar-refractivity contribution in [2.45, 2.75) is 25.4 Å². The average Bonchev–Trinajstić information content (AvgIpc) is 2.55. The first-order valence-corrected chi connectivity index (χ1v) is 7.47. The highest BCUT2D eigenvalue weighted by Crippen LogP contribution is 2.26. The predicted molar refractivity (Wildman–Crippen MR) is 82.9 cm³/mol. The van der Waals surface area contributed by atoms with Gasteiger partial charge in [0.15, 0.2) is 0 Å². The van der Waals surface area contributed by atoms with Gasteiger partial charge in [-0.3, -0.25) is 4.98 Å². The van der Waals surface area contributed by atoms with Crippen LogP contribution in [0.1, 0.15) is 30.0 Å². The van der Waals surface area contributed by atoms with Crippen molar-refractivity contribution in [2.24, 2.45) is 0 Å². The number of rotatable bonds is 3. The lowest BCUT2D eigenvalue weighted by Gasteiger charge is -2.29. The van der Waals surface area contributed by atoms with Gasteiger partial charge in [-0.2, -0.15) is 0 Å². The molecule has 1 aliphatic rings. The van der Waals surface area contributed by atoms with Gasteiger partial charge < -0.3 is 10.0 Å². The van der Waals surface area contributed by atoms with E-state index in [0.717, 1.165) is 29.1 Å². The molecule has 0 radical (unpaired) electrons. The minimum absolute atomic E-state index is 0.0698. The van der Waals surface area contributed by atoms with E-state index in [4.69, 9.17) is 10.1 Å². The van der Waals surface area contributed by atoms with Gasteiger partial charge in [-0.1, -0.05) is 24.3 Å². The molecule has 0 unspecified atom stereocenters. The van der Waals surface area contributed by atoms with Gasteiger partial charge in [-0.15, -0.1) is 0 Å². The summed E-state index contributed by atoms with van der Waals surface area (Å²) < 4.78 is 0. The molecule has 0 bridgehead atoms. The fourth-order valence-corrected chi connectivity index (χ4v) is 2.91. The van der Waals surface area contributed by atoms with E-state index >= 15 is 0 Å². The second-order valence-electron chi connectivity index (χ2n) is 5.79. The molecule has 0 saturated carbocycles. The zero-order chi connectivity index (χ0) is 14.7. The van der Waals surface area contributed by atoms with Gasteiger partial charge in [0.2, 0.25) is 0 Å². The number of hydrogen-bond donors (Lipinski definition) is 1. The van der Waals surface area contributed by atoms with Crippen molar-refractivity contribution in [2.75, 3.05) is 20.1 Å². The zero-order valence-corrected chi connectivity index (χ0v) is 12.4. The number of likely N-dealkylation sites (N-methyl/N-ethyl adjacent to an activating group) is 1. The molecule has 1 saturated heterocycles. The van der Waals surface area contributed by atoms with Crippen LogP contribution in [0.3, 0.4) is 0 Å². The van der Waals surface area contributed by atoms with Gasteiger partial charge in [-0.25, -0.2) is 4.98 Å². The smallest absolute Gasteiger partial charge is 0.0888 e. The van der Waals surface area contributed by atoms with Gasteiger partial charge in [-0.05, 0) is 32.0 Å². The lowest BCUT2D eigenvalue weighted by atomic mass is 9.95. The van der Waals surface area contributed by atoms with Crippen molar-refractivity contribution in [1.29, 1.82) is 0 Å². The first-order valence-electron chi connectivity index (χ1n) is 7.47. The standard InChI is InChI=1S/C17H21N3O/c1-20-8-2-3-15(11-20)17-10-18-9-16(19-17)14-6-4-13(12-21)5-7-14/h4-7,9-10,15,21H,2-3,8,11-12H2,1H3/t15-/m0/s1. The molecular weight excluding hydrogens is 262 g/mol. The van der Waals surface area contributed by atoms with Gasteiger partial charge in [0.25, 0.3) is 0 Å². The molecule has 1 aromatic heterocycles. The monoisotopic (exact) mass is 283 g/mol. The fourth-order valence-electron chi connectivity index (χ4n) is 2.91. The Morgan fingerprint density at radius 1 is 1.24 bits per heavy atom. The molecule has 4 heteroatoms. The van der Waals surface area contributed by atoms with Crippen molar-refractivity contribution >= 4 is 0 Å². The third-order valence-electron chi connectivity index (χ3n) is 4.13. The molecule has 21 heavy (non-hydrogen) atoms. The molecule has 2 heterocycles. The van der Waals surface area contributed by atoms with Crippen LogP contribution in [0.2, 0.25) is 0 Å². The van der Waals surface area contributed by atoms with E-state index < -0.39 is 0 Å². The van der Waals surface area contributed by atoms with Crippen LogP contribution >= 0.6 is 0 Å². The van der Waals surface area contributed by atoms with E-state index in [-0.39, 0.29) is 6.61 Å². The Labute approximate surface area is 125 Å². The highest BCUT2D eigenvalue weighted by atomic mass is 16.3. The number of piperidine rings is 1. The Morgan fingerprint density at radius 2 is 2.05 bits per heavy atom. The minimum atomic E-state index is 0.0698. The molecule has 1 aromatic carbocycles. The molecule has 110 valence electrons. The van der Waals surface area contributed by atoms with Crippen LogP contribution in [-0.2, 0) is 6.61 Å². The Morgan fingerprint density at radius 3 is 2.76 bits per heavy atom. The van der Waals surface area contributed by atoms with Crippen molar-refractivity contribution in [3.05, 3.63) is 47.9 Å². The lowest BCUT2D eigenvalue weighted by Crippen LogP contribution is -2.31. The number of likely N-dealkylation sites (tertiary alicyclic amines) is 1. The van der Waals surface area contributed by atoms with E-state index in [2.05, 4.69) is 16.9 Å². The van der Waals surface area contributed by atoms with E-state index in [1.165, 1.54) is 19.4 Å². The van der Waals surface area contributed by atoms with Crippen LogP contribution in [0.4, 0.5) is 0 Å². The number of benzene rings is 1. The second kappa shape index (κ2) is 6.33. The molecule has 4 nitrogen and oxygen atoms in total. The van der Waals surface area contributed by atoms with Crippen LogP contribution < -0.4 is 0 Å². The summed E-state index contributed by atoms with van der Waals surface area (Å²) >= 11 is 0. The Bertz CT molecular complexity index is 597. The van der Waals surface area contributed by atoms with Crippen LogP contribution in [0.25, 0.3) is 11.3 Å². The van der Waals surface area contributed by atoms with E-state index in [9.17, 15) is 0 Å². The summed E-state index contributed by atoms with van der Waals surface area (Å²) in [5.41, 5.74) is 3.96. The van der Waals surface area contributed by atoms with E-state index in [1.54, 1.807) is 0 Å². The van der Waals surface area contributed by atoms with Crippen LogP contribution in [0, 0.1) is 0 Å². The normalized spacial score (nSPS) is 19.6. The van der Waals surface area contributed by atoms with Gasteiger partial charge >= 0.3 is 0 Å². The SMILES string of the molecule is CN1CCC[C@H](c2cncc(-c3ccc(CO)cc3)n2)C1. The summed E-state index contributed by atoms with van der Waals surface area (Å²) in [6, 6.07) is 7.84. The molecule has 0 aliphatic carbocycles. The summed E-state index contributed by atoms with van der Waals surface area (Å²) in [7, 11) is 2.16. The highest BCUT2D eigenvalue weighted by molar-refractivity contribution is 5.58. The fraction of sp³-hybridized carbons (Fsp3) is 0.412. The minimum Gasteiger partial charge on any atom is -0.392 e. The quantitative estimate of drug-likeness (QED) is 0.940. The lowest BCUT2D eigenvalue weighted by molar-refractivity contribution is 0.248. The Balaban J connectivity index is 1.85. The van der Waals surface area contributed by atoms with Crippen LogP contribution in [0.15, 0.2) is 36.7 Å².